The Morgan fingerprint density at radius 1 is 1.00 bits per heavy atom. The van der Waals surface area contributed by atoms with Crippen molar-refractivity contribution < 1.29 is 33.4 Å². The number of rotatable bonds is 14. The van der Waals surface area contributed by atoms with Crippen molar-refractivity contribution in [2.45, 2.75) is 71.2 Å². The van der Waals surface area contributed by atoms with Gasteiger partial charge in [0, 0.05) is 17.5 Å². The summed E-state index contributed by atoms with van der Waals surface area (Å²) in [6.07, 6.45) is 0.119. The van der Waals surface area contributed by atoms with Crippen LogP contribution in [0.25, 0.3) is 0 Å². The van der Waals surface area contributed by atoms with Crippen molar-refractivity contribution in [3.63, 3.8) is 0 Å². The number of halogens is 1. The number of carbonyl (C=O) groups is 4. The molecule has 1 aliphatic rings. The Bertz CT molecular complexity index is 1200. The molecule has 0 radical (unpaired) electrons. The van der Waals surface area contributed by atoms with Crippen LogP contribution in [0.4, 0.5) is 4.79 Å². The summed E-state index contributed by atoms with van der Waals surface area (Å²) in [5.41, 5.74) is -0.0734. The third-order valence-corrected chi connectivity index (χ3v) is 6.83. The number of benzene rings is 2. The first kappa shape index (κ1) is 32.7. The van der Waals surface area contributed by atoms with Gasteiger partial charge in [0.05, 0.1) is 0 Å². The van der Waals surface area contributed by atoms with E-state index in [1.165, 1.54) is 0 Å². The van der Waals surface area contributed by atoms with E-state index in [1.54, 1.807) is 38.1 Å². The van der Waals surface area contributed by atoms with Gasteiger partial charge < -0.3 is 30.2 Å². The maximum Gasteiger partial charge on any atom is 0.407 e. The first-order valence-electron chi connectivity index (χ1n) is 14.1. The fourth-order valence-corrected chi connectivity index (χ4v) is 4.57. The molecule has 1 heterocycles. The highest BCUT2D eigenvalue weighted by atomic mass is 35.5. The molecular formula is C31H40ClN3O7. The topological polar surface area (TPSA) is 132 Å². The smallest absolute Gasteiger partial charge is 0.407 e. The first-order valence-corrected chi connectivity index (χ1v) is 14.5. The molecule has 1 unspecified atom stereocenters. The zero-order chi connectivity index (χ0) is 30.7. The van der Waals surface area contributed by atoms with Crippen LogP contribution in [0.2, 0.25) is 5.02 Å². The molecule has 3 N–H and O–H groups in total. The zero-order valence-electron chi connectivity index (χ0n) is 24.5. The average molecular weight is 602 g/mol. The lowest BCUT2D eigenvalue weighted by atomic mass is 9.97. The lowest BCUT2D eigenvalue weighted by Crippen LogP contribution is -2.53. The third-order valence-electron chi connectivity index (χ3n) is 6.58. The number of carbonyl (C=O) groups excluding carboxylic acids is 4. The molecule has 0 saturated carbocycles. The molecule has 11 heteroatoms. The summed E-state index contributed by atoms with van der Waals surface area (Å²) < 4.78 is 16.8. The quantitative estimate of drug-likeness (QED) is 0.274. The Kier molecular flexibility index (Phi) is 12.0. The zero-order valence-corrected chi connectivity index (χ0v) is 25.2. The Balaban J connectivity index is 1.62. The van der Waals surface area contributed by atoms with Crippen LogP contribution in [0, 0.1) is 11.8 Å². The van der Waals surface area contributed by atoms with Gasteiger partial charge in [-0.25, -0.2) is 9.59 Å². The minimum Gasteiger partial charge on any atom is -0.484 e. The molecule has 0 aromatic heterocycles. The Morgan fingerprint density at radius 3 is 2.31 bits per heavy atom. The van der Waals surface area contributed by atoms with Crippen LogP contribution in [-0.2, 0) is 30.5 Å². The van der Waals surface area contributed by atoms with E-state index in [0.29, 0.717) is 30.2 Å². The highest BCUT2D eigenvalue weighted by Crippen LogP contribution is 2.21. The second-order valence-electron chi connectivity index (χ2n) is 11.4. The molecule has 42 heavy (non-hydrogen) atoms. The van der Waals surface area contributed by atoms with Gasteiger partial charge in [0.15, 0.2) is 0 Å². The van der Waals surface area contributed by atoms with E-state index in [-0.39, 0.29) is 31.5 Å². The van der Waals surface area contributed by atoms with Gasteiger partial charge in [-0.1, -0.05) is 55.8 Å². The molecule has 1 saturated heterocycles. The molecule has 2 aromatic carbocycles. The molecular weight excluding hydrogens is 562 g/mol. The maximum absolute atomic E-state index is 13.4. The van der Waals surface area contributed by atoms with E-state index in [4.69, 9.17) is 25.8 Å². The lowest BCUT2D eigenvalue weighted by molar-refractivity contribution is -0.150. The molecule has 3 amide bonds. The Labute approximate surface area is 251 Å². The van der Waals surface area contributed by atoms with Gasteiger partial charge in [0.1, 0.15) is 36.6 Å². The SMILES string of the molecule is CC(C)C[C@H](NC(=O)OCC(C)(C)Oc1ccc(Cl)cc1)C(=O)N[C@@H](CC1CCNC1=O)C(=O)OCc1ccccc1. The Morgan fingerprint density at radius 2 is 1.69 bits per heavy atom. The maximum atomic E-state index is 13.4. The van der Waals surface area contributed by atoms with Crippen molar-refractivity contribution in [2.75, 3.05) is 13.2 Å². The van der Waals surface area contributed by atoms with E-state index < -0.39 is 41.6 Å². The van der Waals surface area contributed by atoms with Gasteiger partial charge in [-0.3, -0.25) is 9.59 Å². The molecule has 0 spiro atoms. The number of esters is 1. The highest BCUT2D eigenvalue weighted by Gasteiger charge is 2.34. The largest absolute Gasteiger partial charge is 0.484 e. The van der Waals surface area contributed by atoms with Gasteiger partial charge in [-0.05, 0) is 68.9 Å². The van der Waals surface area contributed by atoms with E-state index in [1.807, 2.05) is 44.2 Å². The van der Waals surface area contributed by atoms with Crippen LogP contribution in [0.1, 0.15) is 52.5 Å². The second-order valence-corrected chi connectivity index (χ2v) is 11.8. The van der Waals surface area contributed by atoms with Gasteiger partial charge in [-0.15, -0.1) is 0 Å². The third kappa shape index (κ3) is 10.9. The normalized spacial score (nSPS) is 16.2. The summed E-state index contributed by atoms with van der Waals surface area (Å²) >= 11 is 5.92. The molecule has 1 fully saturated rings. The van der Waals surface area contributed by atoms with E-state index in [2.05, 4.69) is 16.0 Å². The molecule has 0 aliphatic carbocycles. The van der Waals surface area contributed by atoms with Crippen LogP contribution in [0.3, 0.4) is 0 Å². The number of hydrogen-bond acceptors (Lipinski definition) is 7. The van der Waals surface area contributed by atoms with Crippen molar-refractivity contribution in [1.82, 2.24) is 16.0 Å². The van der Waals surface area contributed by atoms with Gasteiger partial charge in [-0.2, -0.15) is 0 Å². The predicted molar refractivity (Wildman–Crippen MR) is 158 cm³/mol. The summed E-state index contributed by atoms with van der Waals surface area (Å²) in [6.45, 7) is 7.77. The summed E-state index contributed by atoms with van der Waals surface area (Å²) in [5.74, 6) is -1.24. The molecule has 2 aromatic rings. The van der Waals surface area contributed by atoms with Gasteiger partial charge in [0.25, 0.3) is 0 Å². The van der Waals surface area contributed by atoms with E-state index >= 15 is 0 Å². The molecule has 3 rings (SSSR count). The monoisotopic (exact) mass is 601 g/mol. The van der Waals surface area contributed by atoms with Crippen molar-refractivity contribution >= 4 is 35.5 Å². The number of nitrogens with one attached hydrogen (secondary N) is 3. The number of hydrogen-bond donors (Lipinski definition) is 3. The molecule has 0 bridgehead atoms. The highest BCUT2D eigenvalue weighted by molar-refractivity contribution is 6.30. The van der Waals surface area contributed by atoms with E-state index in [0.717, 1.165) is 5.56 Å². The van der Waals surface area contributed by atoms with Crippen LogP contribution in [0.15, 0.2) is 54.6 Å². The van der Waals surface area contributed by atoms with Gasteiger partial charge >= 0.3 is 12.1 Å². The lowest BCUT2D eigenvalue weighted by Gasteiger charge is -2.27. The number of amides is 3. The molecule has 3 atom stereocenters. The summed E-state index contributed by atoms with van der Waals surface area (Å²) in [6, 6.07) is 13.9. The predicted octanol–water partition coefficient (Wildman–Crippen LogP) is 4.39. The summed E-state index contributed by atoms with van der Waals surface area (Å²) in [5, 5.41) is 8.66. The molecule has 1 aliphatic heterocycles. The van der Waals surface area contributed by atoms with Crippen molar-refractivity contribution in [3.8, 4) is 5.75 Å². The van der Waals surface area contributed by atoms with Crippen LogP contribution in [0.5, 0.6) is 5.75 Å². The fourth-order valence-electron chi connectivity index (χ4n) is 4.45. The van der Waals surface area contributed by atoms with E-state index in [9.17, 15) is 19.2 Å². The second kappa shape index (κ2) is 15.4. The standard InChI is InChI=1S/C31H40ClN3O7/c1-20(2)16-25(35-30(39)41-19-31(3,4)42-24-12-10-23(32)11-13-24)28(37)34-26(17-22-14-15-33-27(22)36)29(38)40-18-21-8-6-5-7-9-21/h5-13,20,22,25-26H,14-19H2,1-4H3,(H,33,36)(H,34,37)(H,35,39)/t22?,25-,26-/m0/s1. The fraction of sp³-hybridized carbons (Fsp3) is 0.484. The van der Waals surface area contributed by atoms with Gasteiger partial charge in [0.2, 0.25) is 11.8 Å². The molecule has 228 valence electrons. The Hall–Kier alpha value is -3.79. The van der Waals surface area contributed by atoms with Crippen molar-refractivity contribution in [2.24, 2.45) is 11.8 Å². The minimum atomic E-state index is -1.07. The average Bonchev–Trinajstić information content (AvgIpc) is 3.35. The number of ether oxygens (including phenoxy) is 3. The molecule has 10 nitrogen and oxygen atoms in total. The summed E-state index contributed by atoms with van der Waals surface area (Å²) in [7, 11) is 0. The van der Waals surface area contributed by atoms with Crippen LogP contribution >= 0.6 is 11.6 Å². The number of alkyl carbamates (subject to hydrolysis) is 1. The summed E-state index contributed by atoms with van der Waals surface area (Å²) in [4.78, 5) is 51.5. The minimum absolute atomic E-state index is 0.0246. The van der Waals surface area contributed by atoms with Crippen molar-refractivity contribution in [3.05, 3.63) is 65.2 Å². The first-order chi connectivity index (χ1) is 19.9. The van der Waals surface area contributed by atoms with Crippen LogP contribution in [-0.4, -0.2) is 54.7 Å². The van der Waals surface area contributed by atoms with Crippen molar-refractivity contribution in [1.29, 1.82) is 0 Å². The van der Waals surface area contributed by atoms with Crippen LogP contribution < -0.4 is 20.7 Å².